The molecule has 2 rings (SSSR count). The van der Waals surface area contributed by atoms with Crippen LogP contribution in [0, 0.1) is 6.92 Å². The number of alkyl halides is 2. The Bertz CT molecular complexity index is 458. The highest BCUT2D eigenvalue weighted by Crippen LogP contribution is 2.22. The van der Waals surface area contributed by atoms with Gasteiger partial charge in [0.05, 0.1) is 5.01 Å². The van der Waals surface area contributed by atoms with Crippen molar-refractivity contribution in [3.8, 4) is 5.88 Å². The summed E-state index contributed by atoms with van der Waals surface area (Å²) < 4.78 is 27.9. The van der Waals surface area contributed by atoms with Gasteiger partial charge >= 0.3 is 6.61 Å². The highest BCUT2D eigenvalue weighted by Gasteiger charge is 2.08. The van der Waals surface area contributed by atoms with Crippen molar-refractivity contribution in [2.45, 2.75) is 13.5 Å². The first-order valence-corrected chi connectivity index (χ1v) is 4.66. The SMILES string of the molecule is Cc1nc2ccc(OC(F)F)nc2s1. The van der Waals surface area contributed by atoms with Crippen LogP contribution >= 0.6 is 11.3 Å². The molecule has 0 amide bonds. The summed E-state index contributed by atoms with van der Waals surface area (Å²) in [5, 5.41) is 0.849. The summed E-state index contributed by atoms with van der Waals surface area (Å²) in [5.74, 6) is -0.0730. The van der Waals surface area contributed by atoms with Gasteiger partial charge in [0.2, 0.25) is 5.88 Å². The molecule has 74 valence electrons. The van der Waals surface area contributed by atoms with Crippen LogP contribution in [0.25, 0.3) is 10.3 Å². The number of pyridine rings is 1. The van der Waals surface area contributed by atoms with Gasteiger partial charge in [-0.15, -0.1) is 0 Å². The zero-order chi connectivity index (χ0) is 10.1. The summed E-state index contributed by atoms with van der Waals surface area (Å²) in [6.07, 6.45) is 0. The molecule has 0 atom stereocenters. The number of hydrogen-bond donors (Lipinski definition) is 0. The van der Waals surface area contributed by atoms with E-state index in [1.54, 1.807) is 6.07 Å². The summed E-state index contributed by atoms with van der Waals surface area (Å²) in [6, 6.07) is 3.00. The van der Waals surface area contributed by atoms with Crippen LogP contribution in [0.3, 0.4) is 0 Å². The number of aromatic nitrogens is 2. The molecule has 0 fully saturated rings. The van der Waals surface area contributed by atoms with E-state index in [0.29, 0.717) is 10.3 Å². The highest BCUT2D eigenvalue weighted by atomic mass is 32.1. The van der Waals surface area contributed by atoms with E-state index < -0.39 is 6.61 Å². The molecule has 3 nitrogen and oxygen atoms in total. The Balaban J connectivity index is 2.40. The van der Waals surface area contributed by atoms with E-state index in [9.17, 15) is 8.78 Å². The summed E-state index contributed by atoms with van der Waals surface area (Å²) in [7, 11) is 0. The van der Waals surface area contributed by atoms with E-state index in [1.165, 1.54) is 17.4 Å². The third-order valence-electron chi connectivity index (χ3n) is 1.55. The molecule has 0 N–H and O–H groups in total. The molecule has 0 aliphatic heterocycles. The maximum atomic E-state index is 11.9. The minimum absolute atomic E-state index is 0.0730. The van der Waals surface area contributed by atoms with Gasteiger partial charge in [-0.1, -0.05) is 11.3 Å². The van der Waals surface area contributed by atoms with Gasteiger partial charge in [0, 0.05) is 6.07 Å². The predicted octanol–water partition coefficient (Wildman–Crippen LogP) is 2.60. The first-order valence-electron chi connectivity index (χ1n) is 3.84. The van der Waals surface area contributed by atoms with Crippen LogP contribution in [-0.4, -0.2) is 16.6 Å². The fourth-order valence-corrected chi connectivity index (χ4v) is 1.84. The van der Waals surface area contributed by atoms with Crippen LogP contribution in [0.4, 0.5) is 8.78 Å². The van der Waals surface area contributed by atoms with E-state index >= 15 is 0 Å². The van der Waals surface area contributed by atoms with Crippen molar-refractivity contribution in [3.05, 3.63) is 17.1 Å². The highest BCUT2D eigenvalue weighted by molar-refractivity contribution is 7.18. The van der Waals surface area contributed by atoms with Crippen molar-refractivity contribution in [3.63, 3.8) is 0 Å². The lowest BCUT2D eigenvalue weighted by Crippen LogP contribution is -2.02. The first-order chi connectivity index (χ1) is 6.65. The maximum Gasteiger partial charge on any atom is 0.388 e. The molecule has 2 aromatic heterocycles. The van der Waals surface area contributed by atoms with E-state index in [0.717, 1.165) is 5.01 Å². The lowest BCUT2D eigenvalue weighted by molar-refractivity contribution is -0.0526. The second kappa shape index (κ2) is 3.45. The van der Waals surface area contributed by atoms with Crippen molar-refractivity contribution < 1.29 is 13.5 Å². The average molecular weight is 216 g/mol. The van der Waals surface area contributed by atoms with E-state index in [-0.39, 0.29) is 5.88 Å². The van der Waals surface area contributed by atoms with Gasteiger partial charge in [0.25, 0.3) is 0 Å². The maximum absolute atomic E-state index is 11.9. The van der Waals surface area contributed by atoms with Gasteiger partial charge in [-0.25, -0.2) is 9.97 Å². The van der Waals surface area contributed by atoms with Crippen LogP contribution in [0.5, 0.6) is 5.88 Å². The van der Waals surface area contributed by atoms with E-state index in [2.05, 4.69) is 14.7 Å². The molecule has 0 saturated heterocycles. The van der Waals surface area contributed by atoms with Gasteiger partial charge < -0.3 is 4.74 Å². The van der Waals surface area contributed by atoms with Gasteiger partial charge in [-0.05, 0) is 13.0 Å². The largest absolute Gasteiger partial charge is 0.417 e. The second-order valence-electron chi connectivity index (χ2n) is 2.59. The van der Waals surface area contributed by atoms with Gasteiger partial charge in [-0.3, -0.25) is 0 Å². The molecule has 0 aliphatic rings. The van der Waals surface area contributed by atoms with Crippen molar-refractivity contribution in [1.82, 2.24) is 9.97 Å². The number of hydrogen-bond acceptors (Lipinski definition) is 4. The number of halogens is 2. The molecular weight excluding hydrogens is 210 g/mol. The summed E-state index contributed by atoms with van der Waals surface area (Å²) in [6.45, 7) is -1.01. The number of rotatable bonds is 2. The van der Waals surface area contributed by atoms with Crippen molar-refractivity contribution in [2.75, 3.05) is 0 Å². The molecule has 0 aliphatic carbocycles. The molecule has 0 unspecified atom stereocenters. The Morgan fingerprint density at radius 1 is 1.36 bits per heavy atom. The topological polar surface area (TPSA) is 35.0 Å². The van der Waals surface area contributed by atoms with Crippen LogP contribution < -0.4 is 4.74 Å². The van der Waals surface area contributed by atoms with Gasteiger partial charge in [0.1, 0.15) is 10.3 Å². The minimum Gasteiger partial charge on any atom is -0.417 e. The lowest BCUT2D eigenvalue weighted by atomic mass is 10.4. The second-order valence-corrected chi connectivity index (χ2v) is 3.77. The van der Waals surface area contributed by atoms with Crippen molar-refractivity contribution >= 4 is 21.7 Å². The summed E-state index contributed by atoms with van der Waals surface area (Å²) in [5.41, 5.74) is 0.703. The van der Waals surface area contributed by atoms with Crippen LogP contribution in [0.1, 0.15) is 5.01 Å². The Morgan fingerprint density at radius 2 is 2.14 bits per heavy atom. The van der Waals surface area contributed by atoms with Crippen LogP contribution in [0.2, 0.25) is 0 Å². The Morgan fingerprint density at radius 3 is 2.86 bits per heavy atom. The summed E-state index contributed by atoms with van der Waals surface area (Å²) in [4.78, 5) is 8.65. The third-order valence-corrected chi connectivity index (χ3v) is 2.43. The molecule has 14 heavy (non-hydrogen) atoms. The Kier molecular flexibility index (Phi) is 2.28. The first kappa shape index (κ1) is 9.26. The Hall–Kier alpha value is -1.30. The number of ether oxygens (including phenoxy) is 1. The molecule has 0 saturated carbocycles. The van der Waals surface area contributed by atoms with E-state index in [1.807, 2.05) is 6.92 Å². The van der Waals surface area contributed by atoms with E-state index in [4.69, 9.17) is 0 Å². The zero-order valence-corrected chi connectivity index (χ0v) is 8.02. The number of thiazole rings is 1. The smallest absolute Gasteiger partial charge is 0.388 e. The number of fused-ring (bicyclic) bond motifs is 1. The molecule has 0 bridgehead atoms. The number of aryl methyl sites for hydroxylation is 1. The van der Waals surface area contributed by atoms with Crippen LogP contribution in [-0.2, 0) is 0 Å². The predicted molar refractivity (Wildman–Crippen MR) is 48.8 cm³/mol. The fourth-order valence-electron chi connectivity index (χ4n) is 1.07. The summed E-state index contributed by atoms with van der Waals surface area (Å²) >= 11 is 1.35. The molecule has 2 aromatic rings. The van der Waals surface area contributed by atoms with Crippen molar-refractivity contribution in [2.24, 2.45) is 0 Å². The molecule has 0 radical (unpaired) electrons. The molecule has 0 aromatic carbocycles. The normalized spacial score (nSPS) is 11.1. The lowest BCUT2D eigenvalue weighted by Gasteiger charge is -2.01. The molecular formula is C8H6F2N2OS. The van der Waals surface area contributed by atoms with Crippen LogP contribution in [0.15, 0.2) is 12.1 Å². The molecule has 2 heterocycles. The minimum atomic E-state index is -2.84. The molecule has 0 spiro atoms. The number of nitrogens with zero attached hydrogens (tertiary/aromatic N) is 2. The Labute approximate surface area is 82.4 Å². The monoisotopic (exact) mass is 216 g/mol. The third kappa shape index (κ3) is 1.79. The molecule has 6 heteroatoms. The van der Waals surface area contributed by atoms with Gasteiger partial charge in [-0.2, -0.15) is 8.78 Å². The zero-order valence-electron chi connectivity index (χ0n) is 7.20. The van der Waals surface area contributed by atoms with Gasteiger partial charge in [0.15, 0.2) is 0 Å². The fraction of sp³-hybridized carbons (Fsp3) is 0.250. The quantitative estimate of drug-likeness (QED) is 0.773. The van der Waals surface area contributed by atoms with Crippen molar-refractivity contribution in [1.29, 1.82) is 0 Å². The standard InChI is InChI=1S/C8H6F2N2OS/c1-4-11-5-2-3-6(13-8(9)10)12-7(5)14-4/h2-3,8H,1H3. The average Bonchev–Trinajstić information content (AvgIpc) is 2.42.